The highest BCUT2D eigenvalue weighted by atomic mass is 32.2. The molecule has 0 heterocycles. The Morgan fingerprint density at radius 2 is 1.82 bits per heavy atom. The van der Waals surface area contributed by atoms with Crippen molar-refractivity contribution >= 4 is 24.4 Å². The van der Waals surface area contributed by atoms with Crippen LogP contribution in [-0.2, 0) is 4.74 Å². The van der Waals surface area contributed by atoms with Crippen molar-refractivity contribution in [3.05, 3.63) is 0 Å². The predicted octanol–water partition coefficient (Wildman–Crippen LogP) is 0.863. The molecule has 6 nitrogen and oxygen atoms in total. The molecule has 2 rings (SSSR count). The van der Waals surface area contributed by atoms with Crippen molar-refractivity contribution < 1.29 is 20.1 Å². The van der Waals surface area contributed by atoms with Crippen LogP contribution in [0.3, 0.4) is 0 Å². The largest absolute Gasteiger partial charge is 0.391 e. The lowest BCUT2D eigenvalue weighted by Crippen LogP contribution is -2.54. The van der Waals surface area contributed by atoms with Crippen LogP contribution in [-0.4, -0.2) is 75.2 Å². The van der Waals surface area contributed by atoms with E-state index in [4.69, 9.17) is 16.2 Å². The molecule has 2 aliphatic carbocycles. The lowest BCUT2D eigenvalue weighted by molar-refractivity contribution is -0.134. The van der Waals surface area contributed by atoms with Gasteiger partial charge in [0.2, 0.25) is 0 Å². The first-order valence-electron chi connectivity index (χ1n) is 10.6. The van der Waals surface area contributed by atoms with Gasteiger partial charge < -0.3 is 31.5 Å². The topological polar surface area (TPSA) is 122 Å². The molecule has 8 heteroatoms. The Balaban J connectivity index is 1.96. The smallest absolute Gasteiger partial charge is 0.0983 e. The average Bonchev–Trinajstić information content (AvgIpc) is 3.40. The molecule has 0 amide bonds. The highest BCUT2D eigenvalue weighted by Crippen LogP contribution is 2.53. The molecule has 166 valence electrons. The van der Waals surface area contributed by atoms with Crippen molar-refractivity contribution in [2.45, 2.75) is 82.6 Å². The van der Waals surface area contributed by atoms with Gasteiger partial charge in [0, 0.05) is 6.04 Å². The number of aliphatic hydroxyl groups excluding tert-OH is 3. The highest BCUT2D eigenvalue weighted by Gasteiger charge is 2.57. The first-order chi connectivity index (χ1) is 13.2. The fraction of sp³-hybridized carbons (Fsp3) is 1.00. The standard InChI is InChI=1S/C20H40N2O4S2/c1-10(4-6-27)5-7-28-9-15-13-8-14(13)20(18(25)16(22)17(15)24)26-19(11(2)21)12(3)23/h10-20,23-25,27H,4-9,21-22H2,1-3H3. The van der Waals surface area contributed by atoms with Gasteiger partial charge in [-0.05, 0) is 74.0 Å². The van der Waals surface area contributed by atoms with Gasteiger partial charge in [0.15, 0.2) is 0 Å². The minimum Gasteiger partial charge on any atom is -0.391 e. The third-order valence-corrected chi connectivity index (χ3v) is 7.83. The van der Waals surface area contributed by atoms with Crippen LogP contribution in [0.15, 0.2) is 0 Å². The number of fused-ring (bicyclic) bond motifs is 1. The fourth-order valence-corrected chi connectivity index (χ4v) is 6.34. The van der Waals surface area contributed by atoms with Gasteiger partial charge in [0.1, 0.15) is 0 Å². The molecular weight excluding hydrogens is 396 g/mol. The van der Waals surface area contributed by atoms with E-state index in [1.54, 1.807) is 13.8 Å². The van der Waals surface area contributed by atoms with Crippen LogP contribution in [0.4, 0.5) is 0 Å². The van der Waals surface area contributed by atoms with Crippen molar-refractivity contribution in [2.24, 2.45) is 35.1 Å². The second-order valence-corrected chi connectivity index (χ2v) is 10.5. The first-order valence-corrected chi connectivity index (χ1v) is 12.4. The van der Waals surface area contributed by atoms with E-state index in [-0.39, 0.29) is 17.9 Å². The molecule has 7 N–H and O–H groups in total. The number of ether oxygens (including phenoxy) is 1. The van der Waals surface area contributed by atoms with E-state index in [1.807, 2.05) is 11.8 Å². The molecule has 2 aliphatic rings. The van der Waals surface area contributed by atoms with E-state index >= 15 is 0 Å². The van der Waals surface area contributed by atoms with Crippen molar-refractivity contribution in [3.8, 4) is 0 Å². The number of nitrogens with two attached hydrogens (primary N) is 2. The second kappa shape index (κ2) is 11.2. The number of hydrogen-bond donors (Lipinski definition) is 6. The normalized spacial score (nSPS) is 39.5. The molecule has 0 radical (unpaired) electrons. The average molecular weight is 437 g/mol. The van der Waals surface area contributed by atoms with Crippen molar-refractivity contribution in [2.75, 3.05) is 17.3 Å². The molecule has 2 saturated carbocycles. The molecule has 11 atom stereocenters. The Morgan fingerprint density at radius 1 is 1.14 bits per heavy atom. The summed E-state index contributed by atoms with van der Waals surface area (Å²) in [6, 6.07) is -1.12. The number of hydrogen-bond acceptors (Lipinski definition) is 8. The van der Waals surface area contributed by atoms with Crippen molar-refractivity contribution in [1.82, 2.24) is 0 Å². The van der Waals surface area contributed by atoms with E-state index < -0.39 is 36.6 Å². The van der Waals surface area contributed by atoms with E-state index in [0.29, 0.717) is 11.8 Å². The van der Waals surface area contributed by atoms with Crippen LogP contribution in [0.1, 0.15) is 40.0 Å². The Hall–Kier alpha value is 0.460. The molecule has 0 aliphatic heterocycles. The number of aliphatic hydroxyl groups is 3. The Kier molecular flexibility index (Phi) is 9.88. The lowest BCUT2D eigenvalue weighted by atomic mass is 9.93. The van der Waals surface area contributed by atoms with Gasteiger partial charge in [0.25, 0.3) is 0 Å². The summed E-state index contributed by atoms with van der Waals surface area (Å²) in [5, 5.41) is 31.6. The lowest BCUT2D eigenvalue weighted by Gasteiger charge is -2.34. The maximum absolute atomic E-state index is 10.8. The molecule has 0 aromatic heterocycles. The van der Waals surface area contributed by atoms with Gasteiger partial charge in [-0.3, -0.25) is 0 Å². The van der Waals surface area contributed by atoms with E-state index in [9.17, 15) is 15.3 Å². The molecular formula is C20H40N2O4S2. The van der Waals surface area contributed by atoms with Gasteiger partial charge in [0.05, 0.1) is 36.6 Å². The first kappa shape index (κ1) is 24.7. The van der Waals surface area contributed by atoms with Gasteiger partial charge in [-0.15, -0.1) is 0 Å². The second-order valence-electron chi connectivity index (χ2n) is 8.93. The zero-order chi connectivity index (χ0) is 21.0. The molecule has 0 aromatic rings. The van der Waals surface area contributed by atoms with Gasteiger partial charge in [-0.1, -0.05) is 6.92 Å². The quantitative estimate of drug-likeness (QED) is 0.210. The van der Waals surface area contributed by atoms with E-state index in [2.05, 4.69) is 19.6 Å². The minimum atomic E-state index is -0.963. The fourth-order valence-electron chi connectivity index (χ4n) is 4.45. The summed E-state index contributed by atoms with van der Waals surface area (Å²) in [5.74, 6) is 4.00. The molecule has 28 heavy (non-hydrogen) atoms. The maximum atomic E-state index is 10.8. The Labute approximate surface area is 179 Å². The number of thioether (sulfide) groups is 1. The highest BCUT2D eigenvalue weighted by molar-refractivity contribution is 7.99. The van der Waals surface area contributed by atoms with Crippen molar-refractivity contribution in [1.29, 1.82) is 0 Å². The molecule has 0 bridgehead atoms. The van der Waals surface area contributed by atoms with Crippen LogP contribution in [0.5, 0.6) is 0 Å². The number of thiol groups is 1. The molecule has 11 unspecified atom stereocenters. The predicted molar refractivity (Wildman–Crippen MR) is 119 cm³/mol. The van der Waals surface area contributed by atoms with E-state index in [0.717, 1.165) is 36.5 Å². The number of rotatable bonds is 11. The summed E-state index contributed by atoms with van der Waals surface area (Å²) in [6.45, 7) is 5.68. The Morgan fingerprint density at radius 3 is 2.39 bits per heavy atom. The van der Waals surface area contributed by atoms with Crippen LogP contribution in [0.25, 0.3) is 0 Å². The van der Waals surface area contributed by atoms with E-state index in [1.165, 1.54) is 0 Å². The van der Waals surface area contributed by atoms with Gasteiger partial charge >= 0.3 is 0 Å². The summed E-state index contributed by atoms with van der Waals surface area (Å²) >= 11 is 6.15. The third-order valence-electron chi connectivity index (χ3n) is 6.42. The monoisotopic (exact) mass is 436 g/mol. The summed E-state index contributed by atoms with van der Waals surface area (Å²) < 4.78 is 6.08. The zero-order valence-corrected chi connectivity index (χ0v) is 19.1. The molecule has 0 saturated heterocycles. The van der Waals surface area contributed by atoms with Gasteiger partial charge in [-0.2, -0.15) is 24.4 Å². The van der Waals surface area contributed by atoms with Crippen LogP contribution < -0.4 is 11.5 Å². The van der Waals surface area contributed by atoms with Gasteiger partial charge in [-0.25, -0.2) is 0 Å². The Bertz CT molecular complexity index is 463. The minimum absolute atomic E-state index is 0.0636. The summed E-state index contributed by atoms with van der Waals surface area (Å²) in [5.41, 5.74) is 12.2. The summed E-state index contributed by atoms with van der Waals surface area (Å²) in [7, 11) is 0. The molecule has 0 spiro atoms. The zero-order valence-electron chi connectivity index (χ0n) is 17.4. The maximum Gasteiger partial charge on any atom is 0.0983 e. The molecule has 2 fully saturated rings. The summed E-state index contributed by atoms with van der Waals surface area (Å²) in [6.07, 6.45) is -0.322. The van der Waals surface area contributed by atoms with Crippen LogP contribution >= 0.6 is 24.4 Å². The SMILES string of the molecule is CC(CCS)CCSCC1C(O)C(N)C(O)C(OC(C(C)N)C(C)O)C2CC12. The van der Waals surface area contributed by atoms with Crippen LogP contribution in [0.2, 0.25) is 0 Å². The summed E-state index contributed by atoms with van der Waals surface area (Å²) in [4.78, 5) is 0. The van der Waals surface area contributed by atoms with Crippen molar-refractivity contribution in [3.63, 3.8) is 0 Å². The molecule has 0 aromatic carbocycles. The van der Waals surface area contributed by atoms with Crippen LogP contribution in [0, 0.1) is 23.7 Å². The third kappa shape index (κ3) is 6.23.